The van der Waals surface area contributed by atoms with E-state index in [0.717, 1.165) is 0 Å². The van der Waals surface area contributed by atoms with Crippen molar-refractivity contribution in [1.29, 1.82) is 0 Å². The van der Waals surface area contributed by atoms with E-state index >= 15 is 0 Å². The Morgan fingerprint density at radius 3 is 2.48 bits per heavy atom. The summed E-state index contributed by atoms with van der Waals surface area (Å²) in [6.07, 6.45) is -2.75. The number of hydrogen-bond donors (Lipinski definition) is 0. The van der Waals surface area contributed by atoms with Crippen LogP contribution >= 0.6 is 0 Å². The molecule has 176 valence electrons. The topological polar surface area (TPSA) is 141 Å². The number of fused-ring (bicyclic) bond motifs is 2. The largest absolute Gasteiger partial charge is 0.458 e. The fraction of sp³-hybridized carbons (Fsp3) is 0.682. The summed E-state index contributed by atoms with van der Waals surface area (Å²) in [5.41, 5.74) is 0.141. The Labute approximate surface area is 187 Å². The zero-order valence-electron chi connectivity index (χ0n) is 17.7. The fourth-order valence-electron chi connectivity index (χ4n) is 6.50. The van der Waals surface area contributed by atoms with Gasteiger partial charge in [-0.15, -0.1) is 0 Å². The third kappa shape index (κ3) is 2.87. The third-order valence-electron chi connectivity index (χ3n) is 7.79. The SMILES string of the molecule is C=C(C)C(=O)OCC(=O)OC1C2CC3C1OC(=O)C3C2C(=O)OC1C2CC3C(=O)OC1C3O2. The lowest BCUT2D eigenvalue weighted by Gasteiger charge is -2.31. The van der Waals surface area contributed by atoms with Gasteiger partial charge in [0.15, 0.2) is 18.8 Å². The molecule has 0 aromatic heterocycles. The van der Waals surface area contributed by atoms with E-state index in [1.807, 2.05) is 0 Å². The van der Waals surface area contributed by atoms with Crippen molar-refractivity contribution in [3.63, 3.8) is 0 Å². The van der Waals surface area contributed by atoms with Crippen molar-refractivity contribution < 1.29 is 52.4 Å². The van der Waals surface area contributed by atoms with Crippen LogP contribution in [-0.2, 0) is 52.4 Å². The van der Waals surface area contributed by atoms with Crippen LogP contribution in [0.2, 0.25) is 0 Å². The lowest BCUT2D eigenvalue weighted by atomic mass is 9.78. The maximum Gasteiger partial charge on any atom is 0.344 e. The molecule has 0 radical (unpaired) electrons. The first-order chi connectivity index (χ1) is 15.7. The number of rotatable bonds is 6. The lowest BCUT2D eigenvalue weighted by molar-refractivity contribution is -0.175. The van der Waals surface area contributed by atoms with Gasteiger partial charge in [-0.3, -0.25) is 14.4 Å². The normalized spacial score (nSPS) is 45.1. The van der Waals surface area contributed by atoms with Crippen molar-refractivity contribution in [2.24, 2.45) is 29.6 Å². The molecular weight excluding hydrogens is 440 g/mol. The Hall–Kier alpha value is -2.95. The highest BCUT2D eigenvalue weighted by atomic mass is 16.7. The standard InChI is InChI=1S/C22H22O11/c1-6(2)19(24)28-5-11(23)30-14-7-3-8-13(21(26)31-15(8)14)12(7)22(27)32-17-10-4-9-16(29-10)18(17)33-20(9)25/h7-10,12-18H,1,3-5H2,2H3. The number of esters is 5. The van der Waals surface area contributed by atoms with Crippen LogP contribution in [0.15, 0.2) is 12.2 Å². The summed E-state index contributed by atoms with van der Waals surface area (Å²) in [4.78, 5) is 61.5. The summed E-state index contributed by atoms with van der Waals surface area (Å²) in [6.45, 7) is 4.27. The average molecular weight is 462 g/mol. The predicted molar refractivity (Wildman–Crippen MR) is 101 cm³/mol. The molecule has 0 amide bonds. The van der Waals surface area contributed by atoms with Gasteiger partial charge in [0.2, 0.25) is 0 Å². The summed E-state index contributed by atoms with van der Waals surface area (Å²) in [7, 11) is 0. The number of hydrogen-bond acceptors (Lipinski definition) is 11. The quantitative estimate of drug-likeness (QED) is 0.285. The predicted octanol–water partition coefficient (Wildman–Crippen LogP) is -0.550. The second-order valence-electron chi connectivity index (χ2n) is 9.61. The van der Waals surface area contributed by atoms with Crippen LogP contribution in [0.1, 0.15) is 19.8 Å². The first kappa shape index (κ1) is 20.6. The van der Waals surface area contributed by atoms with Crippen LogP contribution in [0, 0.1) is 29.6 Å². The molecule has 0 N–H and O–H groups in total. The minimum absolute atomic E-state index is 0.141. The molecule has 11 atom stereocenters. The molecule has 6 fully saturated rings. The van der Waals surface area contributed by atoms with Crippen molar-refractivity contribution >= 4 is 29.8 Å². The third-order valence-corrected chi connectivity index (χ3v) is 7.79. The van der Waals surface area contributed by atoms with Crippen molar-refractivity contribution in [3.8, 4) is 0 Å². The molecule has 11 heteroatoms. The van der Waals surface area contributed by atoms with E-state index in [2.05, 4.69) is 6.58 Å². The van der Waals surface area contributed by atoms with Crippen molar-refractivity contribution in [2.45, 2.75) is 56.4 Å². The highest BCUT2D eigenvalue weighted by molar-refractivity contribution is 5.89. The second-order valence-corrected chi connectivity index (χ2v) is 9.61. The Bertz CT molecular complexity index is 987. The molecule has 11 nitrogen and oxygen atoms in total. The van der Waals surface area contributed by atoms with Gasteiger partial charge >= 0.3 is 29.8 Å². The molecule has 4 saturated heterocycles. The molecule has 0 aromatic rings. The summed E-state index contributed by atoms with van der Waals surface area (Å²) in [6, 6.07) is 0. The van der Waals surface area contributed by atoms with E-state index in [1.165, 1.54) is 6.92 Å². The highest BCUT2D eigenvalue weighted by Crippen LogP contribution is 2.59. The van der Waals surface area contributed by atoms with Gasteiger partial charge in [0.25, 0.3) is 0 Å². The molecule has 2 aliphatic carbocycles. The summed E-state index contributed by atoms with van der Waals surface area (Å²) >= 11 is 0. The second kappa shape index (κ2) is 7.02. The van der Waals surface area contributed by atoms with E-state index in [0.29, 0.717) is 12.8 Å². The van der Waals surface area contributed by atoms with E-state index in [-0.39, 0.29) is 23.4 Å². The average Bonchev–Trinajstić information content (AvgIpc) is 3.55. The molecule has 4 heterocycles. The highest BCUT2D eigenvalue weighted by Gasteiger charge is 2.71. The number of carbonyl (C=O) groups is 5. The minimum atomic E-state index is -0.843. The van der Waals surface area contributed by atoms with Gasteiger partial charge in [-0.1, -0.05) is 6.58 Å². The maximum atomic E-state index is 13.2. The molecule has 4 aliphatic heterocycles. The van der Waals surface area contributed by atoms with Gasteiger partial charge in [0.05, 0.1) is 23.9 Å². The molecule has 6 aliphatic rings. The lowest BCUT2D eigenvalue weighted by Crippen LogP contribution is -2.47. The van der Waals surface area contributed by atoms with Gasteiger partial charge in [0.1, 0.15) is 18.3 Å². The molecule has 2 saturated carbocycles. The van der Waals surface area contributed by atoms with Gasteiger partial charge in [-0.2, -0.15) is 0 Å². The van der Waals surface area contributed by atoms with Gasteiger partial charge in [-0.25, -0.2) is 9.59 Å². The van der Waals surface area contributed by atoms with Crippen molar-refractivity contribution in [2.75, 3.05) is 6.61 Å². The minimum Gasteiger partial charge on any atom is -0.458 e. The van der Waals surface area contributed by atoms with Crippen LogP contribution in [0.5, 0.6) is 0 Å². The zero-order chi connectivity index (χ0) is 23.2. The maximum absolute atomic E-state index is 13.2. The van der Waals surface area contributed by atoms with Crippen LogP contribution in [0.25, 0.3) is 0 Å². The first-order valence-electron chi connectivity index (χ1n) is 11.0. The zero-order valence-corrected chi connectivity index (χ0v) is 17.7. The van der Waals surface area contributed by atoms with E-state index in [1.54, 1.807) is 0 Å². The van der Waals surface area contributed by atoms with Crippen LogP contribution in [-0.4, -0.2) is 73.1 Å². The number of ether oxygens (including phenoxy) is 6. The summed E-state index contributed by atoms with van der Waals surface area (Å²) in [5.74, 6) is -5.55. The van der Waals surface area contributed by atoms with Gasteiger partial charge in [-0.05, 0) is 19.8 Å². The van der Waals surface area contributed by atoms with Gasteiger partial charge < -0.3 is 28.4 Å². The molecule has 33 heavy (non-hydrogen) atoms. The molecule has 0 spiro atoms. The molecule has 6 rings (SSSR count). The van der Waals surface area contributed by atoms with Crippen LogP contribution < -0.4 is 0 Å². The Morgan fingerprint density at radius 2 is 1.73 bits per heavy atom. The molecule has 11 unspecified atom stereocenters. The molecule has 0 aromatic carbocycles. The Balaban J connectivity index is 1.15. The molecular formula is C22H22O11. The summed E-state index contributed by atoms with van der Waals surface area (Å²) < 4.78 is 32.6. The molecule has 4 bridgehead atoms. The van der Waals surface area contributed by atoms with E-state index in [4.69, 9.17) is 28.4 Å². The summed E-state index contributed by atoms with van der Waals surface area (Å²) in [5, 5.41) is 0. The van der Waals surface area contributed by atoms with E-state index in [9.17, 15) is 24.0 Å². The van der Waals surface area contributed by atoms with E-state index < -0.39 is 84.9 Å². The smallest absolute Gasteiger partial charge is 0.344 e. The van der Waals surface area contributed by atoms with Crippen molar-refractivity contribution in [3.05, 3.63) is 12.2 Å². The van der Waals surface area contributed by atoms with Crippen molar-refractivity contribution in [1.82, 2.24) is 0 Å². The van der Waals surface area contributed by atoms with Crippen LogP contribution in [0.4, 0.5) is 0 Å². The Kier molecular flexibility index (Phi) is 4.39. The number of carbonyl (C=O) groups excluding carboxylic acids is 5. The van der Waals surface area contributed by atoms with Gasteiger partial charge in [0, 0.05) is 17.4 Å². The fourth-order valence-corrected chi connectivity index (χ4v) is 6.50. The first-order valence-corrected chi connectivity index (χ1v) is 11.0. The van der Waals surface area contributed by atoms with Crippen LogP contribution in [0.3, 0.4) is 0 Å². The Morgan fingerprint density at radius 1 is 0.970 bits per heavy atom. The monoisotopic (exact) mass is 462 g/mol.